The number of carbonyl (C=O) groups excluding carboxylic acids is 1. The molecule has 4 nitrogen and oxygen atoms in total. The van der Waals surface area contributed by atoms with Crippen LogP contribution in [-0.2, 0) is 11.3 Å². The zero-order valence-electron chi connectivity index (χ0n) is 5.59. The van der Waals surface area contributed by atoms with Gasteiger partial charge in [-0.25, -0.2) is 9.78 Å². The van der Waals surface area contributed by atoms with Crippen LogP contribution in [0.4, 0.5) is 0 Å². The summed E-state index contributed by atoms with van der Waals surface area (Å²) in [5, 5.41) is 0. The molecule has 0 fully saturated rings. The van der Waals surface area contributed by atoms with E-state index in [1.807, 2.05) is 6.92 Å². The normalized spacial score (nSPS) is 8.90. The summed E-state index contributed by atoms with van der Waals surface area (Å²) < 4.78 is 0. The van der Waals surface area contributed by atoms with Gasteiger partial charge in [0.25, 0.3) is 0 Å². The molecule has 0 unspecified atom stereocenters. The molecule has 0 radical (unpaired) electrons. The van der Waals surface area contributed by atoms with Crippen molar-refractivity contribution in [3.8, 4) is 0 Å². The molecule has 1 N–H and O–H groups in total. The third-order valence-corrected chi connectivity index (χ3v) is 1.23. The third-order valence-electron chi connectivity index (χ3n) is 1.23. The molecule has 0 aliphatic heterocycles. The molecule has 0 aliphatic rings. The lowest BCUT2D eigenvalue weighted by atomic mass is 10.3. The van der Waals surface area contributed by atoms with Crippen molar-refractivity contribution >= 4 is 6.08 Å². The van der Waals surface area contributed by atoms with E-state index in [2.05, 4.69) is 15.0 Å². The number of aromatic nitrogens is 2. The summed E-state index contributed by atoms with van der Waals surface area (Å²) in [4.78, 5) is 19.9. The number of nitrogens with one attached hydrogen (secondary N) is 1. The Balaban J connectivity index is 2.74. The van der Waals surface area contributed by atoms with Gasteiger partial charge in [0.1, 0.15) is 0 Å². The summed E-state index contributed by atoms with van der Waals surface area (Å²) in [5.74, 6) is 0. The van der Waals surface area contributed by atoms with Crippen molar-refractivity contribution in [2.24, 2.45) is 4.99 Å². The van der Waals surface area contributed by atoms with Gasteiger partial charge in [-0.15, -0.1) is 0 Å². The van der Waals surface area contributed by atoms with Crippen LogP contribution in [-0.4, -0.2) is 16.0 Å². The second kappa shape index (κ2) is 2.94. The molecule has 0 aromatic carbocycles. The lowest BCUT2D eigenvalue weighted by Crippen LogP contribution is -1.83. The highest BCUT2D eigenvalue weighted by atomic mass is 16.1. The van der Waals surface area contributed by atoms with Gasteiger partial charge in [-0.1, -0.05) is 0 Å². The number of hydrogen-bond acceptors (Lipinski definition) is 3. The van der Waals surface area contributed by atoms with Gasteiger partial charge in [-0.05, 0) is 6.92 Å². The predicted octanol–water partition coefficient (Wildman–Crippen LogP) is 0.554. The number of hydrogen-bond donors (Lipinski definition) is 1. The quantitative estimate of drug-likeness (QED) is 0.478. The summed E-state index contributed by atoms with van der Waals surface area (Å²) in [6, 6.07) is 0. The van der Waals surface area contributed by atoms with E-state index in [-0.39, 0.29) is 0 Å². The zero-order chi connectivity index (χ0) is 7.40. The Morgan fingerprint density at radius 2 is 2.70 bits per heavy atom. The molecule has 0 saturated carbocycles. The zero-order valence-corrected chi connectivity index (χ0v) is 5.59. The van der Waals surface area contributed by atoms with Gasteiger partial charge in [-0.2, -0.15) is 4.99 Å². The van der Waals surface area contributed by atoms with Crippen LogP contribution in [0.1, 0.15) is 11.4 Å². The van der Waals surface area contributed by atoms with E-state index in [1.54, 1.807) is 6.33 Å². The smallest absolute Gasteiger partial charge is 0.235 e. The van der Waals surface area contributed by atoms with Crippen LogP contribution in [0.5, 0.6) is 0 Å². The Morgan fingerprint density at radius 3 is 3.20 bits per heavy atom. The Bertz CT molecular complexity index is 260. The highest BCUT2D eigenvalue weighted by Crippen LogP contribution is 2.00. The van der Waals surface area contributed by atoms with Gasteiger partial charge >= 0.3 is 0 Å². The monoisotopic (exact) mass is 137 g/mol. The van der Waals surface area contributed by atoms with E-state index in [0.29, 0.717) is 6.54 Å². The molecule has 1 aromatic heterocycles. The molecule has 4 heteroatoms. The average Bonchev–Trinajstić information content (AvgIpc) is 2.31. The van der Waals surface area contributed by atoms with Crippen LogP contribution in [0.15, 0.2) is 11.3 Å². The van der Waals surface area contributed by atoms with Crippen molar-refractivity contribution < 1.29 is 4.79 Å². The second-order valence-electron chi connectivity index (χ2n) is 1.88. The number of aliphatic imine (C=N–C) groups is 1. The number of imidazole rings is 1. The van der Waals surface area contributed by atoms with Crippen LogP contribution >= 0.6 is 0 Å². The van der Waals surface area contributed by atoms with Crippen molar-refractivity contribution in [3.63, 3.8) is 0 Å². The van der Waals surface area contributed by atoms with Crippen molar-refractivity contribution in [2.75, 3.05) is 0 Å². The van der Waals surface area contributed by atoms with Gasteiger partial charge in [0.05, 0.1) is 18.6 Å². The van der Waals surface area contributed by atoms with Gasteiger partial charge in [0.15, 0.2) is 0 Å². The summed E-state index contributed by atoms with van der Waals surface area (Å²) in [6.45, 7) is 2.20. The number of isocyanates is 1. The molecule has 52 valence electrons. The minimum atomic E-state index is 0.318. The Morgan fingerprint density at radius 1 is 1.90 bits per heavy atom. The van der Waals surface area contributed by atoms with E-state index < -0.39 is 0 Å². The van der Waals surface area contributed by atoms with Crippen LogP contribution in [0.2, 0.25) is 0 Å². The molecular weight excluding hydrogens is 130 g/mol. The van der Waals surface area contributed by atoms with Crippen LogP contribution < -0.4 is 0 Å². The number of rotatable bonds is 2. The first-order valence-corrected chi connectivity index (χ1v) is 2.87. The third kappa shape index (κ3) is 1.30. The maximum absolute atomic E-state index is 9.68. The van der Waals surface area contributed by atoms with Crippen molar-refractivity contribution in [1.82, 2.24) is 9.97 Å². The summed E-state index contributed by atoms with van der Waals surface area (Å²) in [5.41, 5.74) is 1.74. The second-order valence-corrected chi connectivity index (χ2v) is 1.88. The van der Waals surface area contributed by atoms with Gasteiger partial charge in [0, 0.05) is 5.69 Å². The van der Waals surface area contributed by atoms with Crippen molar-refractivity contribution in [1.29, 1.82) is 0 Å². The predicted molar refractivity (Wildman–Crippen MR) is 35.2 cm³/mol. The summed E-state index contributed by atoms with van der Waals surface area (Å²) in [6.07, 6.45) is 3.03. The van der Waals surface area contributed by atoms with E-state index in [9.17, 15) is 4.79 Å². The highest BCUT2D eigenvalue weighted by Gasteiger charge is 1.96. The van der Waals surface area contributed by atoms with Crippen LogP contribution in [0.25, 0.3) is 0 Å². The molecule has 0 aliphatic carbocycles. The van der Waals surface area contributed by atoms with Crippen molar-refractivity contribution in [2.45, 2.75) is 13.5 Å². The number of H-pyrrole nitrogens is 1. The van der Waals surface area contributed by atoms with E-state index in [1.165, 1.54) is 6.08 Å². The van der Waals surface area contributed by atoms with Crippen LogP contribution in [0, 0.1) is 6.92 Å². The van der Waals surface area contributed by atoms with Gasteiger partial charge in [-0.3, -0.25) is 0 Å². The maximum atomic E-state index is 9.68. The fraction of sp³-hybridized carbons (Fsp3) is 0.333. The van der Waals surface area contributed by atoms with E-state index in [4.69, 9.17) is 0 Å². The molecule has 10 heavy (non-hydrogen) atoms. The standard InChI is InChI=1S/C6H7N3O/c1-5-6(2-7-4-10)9-3-8-5/h3H,2H2,1H3,(H,8,9). The number of nitrogens with zero attached hydrogens (tertiary/aromatic N) is 2. The first kappa shape index (κ1) is 6.71. The first-order valence-electron chi connectivity index (χ1n) is 2.87. The van der Waals surface area contributed by atoms with E-state index >= 15 is 0 Å². The first-order chi connectivity index (χ1) is 4.84. The van der Waals surface area contributed by atoms with Crippen LogP contribution in [0.3, 0.4) is 0 Å². The molecule has 0 amide bonds. The molecule has 0 atom stereocenters. The SMILES string of the molecule is Cc1[nH]cnc1CN=C=O. The van der Waals surface area contributed by atoms with Gasteiger partial charge < -0.3 is 4.98 Å². The lowest BCUT2D eigenvalue weighted by molar-refractivity contribution is 0.562. The Hall–Kier alpha value is -1.41. The maximum Gasteiger partial charge on any atom is 0.235 e. The number of aryl methyl sites for hydroxylation is 1. The average molecular weight is 137 g/mol. The highest BCUT2D eigenvalue weighted by molar-refractivity contribution is 5.33. The summed E-state index contributed by atoms with van der Waals surface area (Å²) >= 11 is 0. The fourth-order valence-corrected chi connectivity index (χ4v) is 0.654. The molecule has 1 heterocycles. The molecule has 0 spiro atoms. The van der Waals surface area contributed by atoms with Crippen molar-refractivity contribution in [3.05, 3.63) is 17.7 Å². The lowest BCUT2D eigenvalue weighted by Gasteiger charge is -1.86. The molecule has 1 aromatic rings. The molecular formula is C6H7N3O. The molecule has 0 saturated heterocycles. The fourth-order valence-electron chi connectivity index (χ4n) is 0.654. The van der Waals surface area contributed by atoms with E-state index in [0.717, 1.165) is 11.4 Å². The Kier molecular flexibility index (Phi) is 1.97. The minimum Gasteiger partial charge on any atom is -0.348 e. The molecule has 1 rings (SSSR count). The largest absolute Gasteiger partial charge is 0.348 e. The number of aromatic amines is 1. The topological polar surface area (TPSA) is 58.1 Å². The Labute approximate surface area is 58.0 Å². The molecule has 0 bridgehead atoms. The summed E-state index contributed by atoms with van der Waals surface area (Å²) in [7, 11) is 0. The van der Waals surface area contributed by atoms with Gasteiger partial charge in [0.2, 0.25) is 6.08 Å². The minimum absolute atomic E-state index is 0.318.